The van der Waals surface area contributed by atoms with Crippen LogP contribution >= 0.6 is 0 Å². The second-order valence-corrected chi connectivity index (χ2v) is 7.53. The first-order valence-corrected chi connectivity index (χ1v) is 7.36. The lowest BCUT2D eigenvalue weighted by molar-refractivity contribution is 0.437. The van der Waals surface area contributed by atoms with E-state index < -0.39 is 14.6 Å². The van der Waals surface area contributed by atoms with Gasteiger partial charge in [0.25, 0.3) is 0 Å². The third-order valence-corrected chi connectivity index (χ3v) is 5.06. The first-order chi connectivity index (χ1) is 7.63. The summed E-state index contributed by atoms with van der Waals surface area (Å²) >= 11 is 0. The Hall–Kier alpha value is -0.880. The summed E-state index contributed by atoms with van der Waals surface area (Å²) in [5.41, 5.74) is 0.865. The average molecular weight is 260 g/mol. The van der Waals surface area contributed by atoms with Crippen LogP contribution in [0.15, 0.2) is 4.42 Å². The van der Waals surface area contributed by atoms with Crippen LogP contribution in [0.2, 0.25) is 0 Å². The van der Waals surface area contributed by atoms with Crippen molar-refractivity contribution in [1.29, 1.82) is 0 Å². The van der Waals surface area contributed by atoms with Gasteiger partial charge in [0, 0.05) is 12.8 Å². The average Bonchev–Trinajstić information content (AvgIpc) is 2.44. The van der Waals surface area contributed by atoms with Crippen LogP contribution in [0.1, 0.15) is 31.2 Å². The Morgan fingerprint density at radius 2 is 1.94 bits per heavy atom. The van der Waals surface area contributed by atoms with Crippen molar-refractivity contribution in [3.05, 3.63) is 17.3 Å². The SMILES string of the molecule is Cc1nc(CNCC(C)(C)S(C)(=O)=O)oc1C. The largest absolute Gasteiger partial charge is 0.444 e. The van der Waals surface area contributed by atoms with E-state index in [1.54, 1.807) is 13.8 Å². The molecule has 0 amide bonds. The van der Waals surface area contributed by atoms with E-state index in [-0.39, 0.29) is 0 Å². The molecule has 0 bridgehead atoms. The maximum Gasteiger partial charge on any atom is 0.208 e. The van der Waals surface area contributed by atoms with Crippen LogP contribution < -0.4 is 5.32 Å². The van der Waals surface area contributed by atoms with Crippen molar-refractivity contribution in [1.82, 2.24) is 10.3 Å². The summed E-state index contributed by atoms with van der Waals surface area (Å²) < 4.78 is 27.6. The van der Waals surface area contributed by atoms with Gasteiger partial charge in [0.1, 0.15) is 5.76 Å². The van der Waals surface area contributed by atoms with Crippen molar-refractivity contribution in [2.75, 3.05) is 12.8 Å². The monoisotopic (exact) mass is 260 g/mol. The molecular weight excluding hydrogens is 240 g/mol. The zero-order chi connectivity index (χ0) is 13.3. The van der Waals surface area contributed by atoms with Gasteiger partial charge in [-0.05, 0) is 27.7 Å². The van der Waals surface area contributed by atoms with E-state index in [1.807, 2.05) is 13.8 Å². The van der Waals surface area contributed by atoms with Crippen LogP contribution in [0.5, 0.6) is 0 Å². The fraction of sp³-hybridized carbons (Fsp3) is 0.727. The molecule has 0 atom stereocenters. The van der Waals surface area contributed by atoms with Crippen molar-refractivity contribution in [2.24, 2.45) is 0 Å². The number of nitrogens with zero attached hydrogens (tertiary/aromatic N) is 1. The van der Waals surface area contributed by atoms with E-state index in [0.717, 1.165) is 11.5 Å². The van der Waals surface area contributed by atoms with Gasteiger partial charge in [-0.2, -0.15) is 0 Å². The Labute approximate surface area is 103 Å². The summed E-state index contributed by atoms with van der Waals surface area (Å²) in [4.78, 5) is 4.21. The number of sulfone groups is 1. The molecule has 98 valence electrons. The number of nitrogens with one attached hydrogen (secondary N) is 1. The molecule has 1 aromatic rings. The Kier molecular flexibility index (Phi) is 3.99. The standard InChI is InChI=1S/C11H20N2O3S/c1-8-9(2)16-10(13-8)6-12-7-11(3,4)17(5,14)15/h12H,6-7H2,1-5H3. The zero-order valence-electron chi connectivity index (χ0n) is 11.0. The number of hydrogen-bond acceptors (Lipinski definition) is 5. The highest BCUT2D eigenvalue weighted by Crippen LogP contribution is 2.14. The minimum Gasteiger partial charge on any atom is -0.444 e. The van der Waals surface area contributed by atoms with Gasteiger partial charge in [0.2, 0.25) is 5.89 Å². The Bertz CT molecular complexity index is 469. The van der Waals surface area contributed by atoms with Crippen molar-refractivity contribution in [3.63, 3.8) is 0 Å². The lowest BCUT2D eigenvalue weighted by Gasteiger charge is -2.22. The predicted molar refractivity (Wildman–Crippen MR) is 66.6 cm³/mol. The smallest absolute Gasteiger partial charge is 0.208 e. The Morgan fingerprint density at radius 1 is 1.35 bits per heavy atom. The normalized spacial score (nSPS) is 13.0. The third kappa shape index (κ3) is 3.54. The molecule has 1 N–H and O–H groups in total. The predicted octanol–water partition coefficient (Wildman–Crippen LogP) is 1.20. The summed E-state index contributed by atoms with van der Waals surface area (Å²) in [6, 6.07) is 0. The van der Waals surface area contributed by atoms with Crippen molar-refractivity contribution >= 4 is 9.84 Å². The van der Waals surface area contributed by atoms with E-state index in [1.165, 1.54) is 6.26 Å². The highest BCUT2D eigenvalue weighted by molar-refractivity contribution is 7.92. The quantitative estimate of drug-likeness (QED) is 0.861. The number of oxazole rings is 1. The number of aromatic nitrogens is 1. The van der Waals surface area contributed by atoms with Crippen LogP contribution in [0.4, 0.5) is 0 Å². The molecule has 0 aliphatic carbocycles. The summed E-state index contributed by atoms with van der Waals surface area (Å²) in [5, 5.41) is 3.05. The van der Waals surface area contributed by atoms with Gasteiger partial charge in [-0.15, -0.1) is 0 Å². The van der Waals surface area contributed by atoms with Crippen molar-refractivity contribution in [2.45, 2.75) is 39.0 Å². The molecule has 1 heterocycles. The van der Waals surface area contributed by atoms with Gasteiger partial charge in [-0.3, -0.25) is 0 Å². The summed E-state index contributed by atoms with van der Waals surface area (Å²) in [7, 11) is -3.07. The Balaban J connectivity index is 2.54. The van der Waals surface area contributed by atoms with Crippen LogP contribution in [0, 0.1) is 13.8 Å². The minimum atomic E-state index is -3.07. The van der Waals surface area contributed by atoms with Gasteiger partial charge < -0.3 is 9.73 Å². The van der Waals surface area contributed by atoms with Crippen molar-refractivity contribution < 1.29 is 12.8 Å². The van der Waals surface area contributed by atoms with Gasteiger partial charge in [-0.1, -0.05) is 0 Å². The molecule has 0 aromatic carbocycles. The molecule has 0 saturated heterocycles. The zero-order valence-corrected chi connectivity index (χ0v) is 11.8. The summed E-state index contributed by atoms with van der Waals surface area (Å²) in [6.07, 6.45) is 1.24. The number of aryl methyl sites for hydroxylation is 2. The highest BCUT2D eigenvalue weighted by Gasteiger charge is 2.29. The molecule has 0 fully saturated rings. The molecule has 0 unspecified atom stereocenters. The molecule has 5 nitrogen and oxygen atoms in total. The minimum absolute atomic E-state index is 0.367. The maximum atomic E-state index is 11.5. The molecule has 0 radical (unpaired) electrons. The molecular formula is C11H20N2O3S. The molecule has 0 aliphatic heterocycles. The van der Waals surface area contributed by atoms with Crippen LogP contribution in [0.25, 0.3) is 0 Å². The summed E-state index contributed by atoms with van der Waals surface area (Å²) in [6.45, 7) is 7.93. The third-order valence-electron chi connectivity index (χ3n) is 2.90. The molecule has 0 aliphatic rings. The van der Waals surface area contributed by atoms with Gasteiger partial charge >= 0.3 is 0 Å². The Morgan fingerprint density at radius 3 is 2.35 bits per heavy atom. The molecule has 6 heteroatoms. The molecule has 1 aromatic heterocycles. The fourth-order valence-electron chi connectivity index (χ4n) is 1.22. The highest BCUT2D eigenvalue weighted by atomic mass is 32.2. The van der Waals surface area contributed by atoms with Crippen LogP contribution in [0.3, 0.4) is 0 Å². The van der Waals surface area contributed by atoms with Crippen LogP contribution in [-0.2, 0) is 16.4 Å². The van der Waals surface area contributed by atoms with Crippen LogP contribution in [-0.4, -0.2) is 30.9 Å². The lowest BCUT2D eigenvalue weighted by Crippen LogP contribution is -2.41. The molecule has 17 heavy (non-hydrogen) atoms. The second kappa shape index (κ2) is 4.78. The van der Waals surface area contributed by atoms with E-state index >= 15 is 0 Å². The first-order valence-electron chi connectivity index (χ1n) is 5.47. The van der Waals surface area contributed by atoms with Crippen molar-refractivity contribution in [3.8, 4) is 0 Å². The number of hydrogen-bond donors (Lipinski definition) is 1. The second-order valence-electron chi connectivity index (χ2n) is 4.88. The fourth-order valence-corrected chi connectivity index (χ4v) is 1.58. The van der Waals surface area contributed by atoms with E-state index in [9.17, 15) is 8.42 Å². The molecule has 0 saturated carbocycles. The number of rotatable bonds is 5. The van der Waals surface area contributed by atoms with Gasteiger partial charge in [-0.25, -0.2) is 13.4 Å². The molecule has 0 spiro atoms. The van der Waals surface area contributed by atoms with E-state index in [2.05, 4.69) is 10.3 Å². The maximum absolute atomic E-state index is 11.5. The lowest BCUT2D eigenvalue weighted by atomic mass is 10.2. The van der Waals surface area contributed by atoms with Gasteiger partial charge in [0.15, 0.2) is 9.84 Å². The topological polar surface area (TPSA) is 72.2 Å². The molecule has 1 rings (SSSR count). The van der Waals surface area contributed by atoms with Gasteiger partial charge in [0.05, 0.1) is 17.0 Å². The first kappa shape index (κ1) is 14.2. The van der Waals surface area contributed by atoms with E-state index in [4.69, 9.17) is 4.42 Å². The van der Waals surface area contributed by atoms with E-state index in [0.29, 0.717) is 19.0 Å². The summed E-state index contributed by atoms with van der Waals surface area (Å²) in [5.74, 6) is 1.38.